The van der Waals surface area contributed by atoms with Crippen molar-refractivity contribution in [3.8, 4) is 22.1 Å². The fourth-order valence-corrected chi connectivity index (χ4v) is 2.70. The van der Waals surface area contributed by atoms with E-state index in [2.05, 4.69) is 10.3 Å². The summed E-state index contributed by atoms with van der Waals surface area (Å²) in [5.41, 5.74) is 1.05. The molecule has 0 saturated carbocycles. The lowest BCUT2D eigenvalue weighted by Crippen LogP contribution is -2.02. The highest BCUT2D eigenvalue weighted by molar-refractivity contribution is 7.15. The maximum absolute atomic E-state index is 5.58. The van der Waals surface area contributed by atoms with Crippen molar-refractivity contribution < 1.29 is 9.47 Å². The zero-order valence-electron chi connectivity index (χ0n) is 11.4. The van der Waals surface area contributed by atoms with Gasteiger partial charge in [-0.2, -0.15) is 0 Å². The van der Waals surface area contributed by atoms with E-state index in [-0.39, 0.29) is 0 Å². The van der Waals surface area contributed by atoms with Gasteiger partial charge in [-0.1, -0.05) is 0 Å². The molecule has 0 aliphatic rings. The van der Waals surface area contributed by atoms with Gasteiger partial charge < -0.3 is 14.8 Å². The summed E-state index contributed by atoms with van der Waals surface area (Å²) in [5.74, 6) is 1.51. The lowest BCUT2D eigenvalue weighted by molar-refractivity contribution is 0.311. The van der Waals surface area contributed by atoms with E-state index in [1.807, 2.05) is 38.4 Å². The summed E-state index contributed by atoms with van der Waals surface area (Å²) in [6.45, 7) is 3.41. The smallest absolute Gasteiger partial charge is 0.161 e. The standard InChI is InChI=1S/C14H18N2O2S/c1-4-18-13-7-10(5-6-12(13)17-3)14-16-9-11(19-14)8-15-2/h5-7,9,15H,4,8H2,1-3H3. The van der Waals surface area contributed by atoms with Crippen LogP contribution in [0, 0.1) is 0 Å². The van der Waals surface area contributed by atoms with Gasteiger partial charge in [0.25, 0.3) is 0 Å². The van der Waals surface area contributed by atoms with E-state index in [0.29, 0.717) is 6.61 Å². The third-order valence-corrected chi connectivity index (χ3v) is 3.66. The normalized spacial score (nSPS) is 10.5. The molecule has 1 heterocycles. The van der Waals surface area contributed by atoms with E-state index in [1.165, 1.54) is 4.88 Å². The number of hydrogen-bond acceptors (Lipinski definition) is 5. The molecular weight excluding hydrogens is 260 g/mol. The number of nitrogens with zero attached hydrogens (tertiary/aromatic N) is 1. The van der Waals surface area contributed by atoms with Gasteiger partial charge in [-0.15, -0.1) is 11.3 Å². The second-order valence-electron chi connectivity index (χ2n) is 3.96. The Morgan fingerprint density at radius 3 is 2.84 bits per heavy atom. The highest BCUT2D eigenvalue weighted by atomic mass is 32.1. The van der Waals surface area contributed by atoms with E-state index in [0.717, 1.165) is 28.6 Å². The van der Waals surface area contributed by atoms with Gasteiger partial charge >= 0.3 is 0 Å². The van der Waals surface area contributed by atoms with Gasteiger partial charge in [-0.05, 0) is 32.2 Å². The fraction of sp³-hybridized carbons (Fsp3) is 0.357. The molecule has 0 spiro atoms. The maximum atomic E-state index is 5.58. The number of ether oxygens (including phenoxy) is 2. The Morgan fingerprint density at radius 1 is 1.32 bits per heavy atom. The molecule has 0 aliphatic heterocycles. The van der Waals surface area contributed by atoms with Crippen LogP contribution in [0.3, 0.4) is 0 Å². The van der Waals surface area contributed by atoms with Crippen LogP contribution in [0.2, 0.25) is 0 Å². The van der Waals surface area contributed by atoms with Crippen LogP contribution in [0.15, 0.2) is 24.4 Å². The molecule has 0 bridgehead atoms. The molecule has 19 heavy (non-hydrogen) atoms. The number of rotatable bonds is 6. The summed E-state index contributed by atoms with van der Waals surface area (Å²) in [7, 11) is 3.58. The van der Waals surface area contributed by atoms with E-state index in [1.54, 1.807) is 18.4 Å². The molecule has 0 unspecified atom stereocenters. The van der Waals surface area contributed by atoms with Crippen LogP contribution >= 0.6 is 11.3 Å². The molecule has 2 aromatic rings. The van der Waals surface area contributed by atoms with E-state index in [4.69, 9.17) is 9.47 Å². The van der Waals surface area contributed by atoms with Crippen molar-refractivity contribution >= 4 is 11.3 Å². The third-order valence-electron chi connectivity index (χ3n) is 2.61. The first kappa shape index (κ1) is 13.8. The zero-order chi connectivity index (χ0) is 13.7. The van der Waals surface area contributed by atoms with Crippen LogP contribution in [-0.2, 0) is 6.54 Å². The van der Waals surface area contributed by atoms with Crippen molar-refractivity contribution in [1.29, 1.82) is 0 Å². The van der Waals surface area contributed by atoms with Crippen molar-refractivity contribution in [3.63, 3.8) is 0 Å². The molecule has 0 aliphatic carbocycles. The number of thiazole rings is 1. The summed E-state index contributed by atoms with van der Waals surface area (Å²) in [6, 6.07) is 5.90. The Bertz CT molecular complexity index is 540. The second-order valence-corrected chi connectivity index (χ2v) is 5.08. The van der Waals surface area contributed by atoms with Crippen LogP contribution in [-0.4, -0.2) is 25.7 Å². The Kier molecular flexibility index (Phi) is 4.76. The quantitative estimate of drug-likeness (QED) is 0.882. The van der Waals surface area contributed by atoms with Gasteiger partial charge in [-0.25, -0.2) is 4.98 Å². The molecule has 2 rings (SSSR count). The molecule has 1 aromatic heterocycles. The van der Waals surface area contributed by atoms with Crippen molar-refractivity contribution in [2.24, 2.45) is 0 Å². The Hall–Kier alpha value is -1.59. The van der Waals surface area contributed by atoms with Crippen molar-refractivity contribution in [2.75, 3.05) is 20.8 Å². The Labute approximate surface area is 117 Å². The highest BCUT2D eigenvalue weighted by Gasteiger charge is 2.09. The molecule has 0 amide bonds. The minimum absolute atomic E-state index is 0.614. The topological polar surface area (TPSA) is 43.4 Å². The predicted molar refractivity (Wildman–Crippen MR) is 78.0 cm³/mol. The van der Waals surface area contributed by atoms with Crippen molar-refractivity contribution in [2.45, 2.75) is 13.5 Å². The SMILES string of the molecule is CCOc1cc(-c2ncc(CNC)s2)ccc1OC. The van der Waals surface area contributed by atoms with Crippen molar-refractivity contribution in [3.05, 3.63) is 29.3 Å². The monoisotopic (exact) mass is 278 g/mol. The van der Waals surface area contributed by atoms with Gasteiger partial charge in [0.05, 0.1) is 13.7 Å². The van der Waals surface area contributed by atoms with E-state index < -0.39 is 0 Å². The molecule has 0 fully saturated rings. The lowest BCUT2D eigenvalue weighted by Gasteiger charge is -2.10. The number of aromatic nitrogens is 1. The number of nitrogens with one attached hydrogen (secondary N) is 1. The van der Waals surface area contributed by atoms with Crippen LogP contribution in [0.1, 0.15) is 11.8 Å². The molecule has 0 radical (unpaired) electrons. The van der Waals surface area contributed by atoms with Gasteiger partial charge in [0, 0.05) is 23.2 Å². The first-order valence-electron chi connectivity index (χ1n) is 6.19. The lowest BCUT2D eigenvalue weighted by atomic mass is 10.2. The molecule has 5 heteroatoms. The van der Waals surface area contributed by atoms with Crippen LogP contribution in [0.25, 0.3) is 10.6 Å². The molecule has 102 valence electrons. The third kappa shape index (κ3) is 3.24. The Balaban J connectivity index is 2.30. The van der Waals surface area contributed by atoms with Crippen LogP contribution in [0.5, 0.6) is 11.5 Å². The van der Waals surface area contributed by atoms with Gasteiger partial charge in [0.2, 0.25) is 0 Å². The van der Waals surface area contributed by atoms with E-state index >= 15 is 0 Å². The molecule has 0 atom stereocenters. The zero-order valence-corrected chi connectivity index (χ0v) is 12.2. The highest BCUT2D eigenvalue weighted by Crippen LogP contribution is 2.34. The molecule has 1 N–H and O–H groups in total. The number of methoxy groups -OCH3 is 1. The molecular formula is C14H18N2O2S. The fourth-order valence-electron chi connectivity index (χ4n) is 1.77. The van der Waals surface area contributed by atoms with E-state index in [9.17, 15) is 0 Å². The van der Waals surface area contributed by atoms with Crippen molar-refractivity contribution in [1.82, 2.24) is 10.3 Å². The largest absolute Gasteiger partial charge is 0.493 e. The average Bonchev–Trinajstić information content (AvgIpc) is 2.88. The summed E-state index contributed by atoms with van der Waals surface area (Å²) >= 11 is 1.68. The van der Waals surface area contributed by atoms with Crippen LogP contribution < -0.4 is 14.8 Å². The number of hydrogen-bond donors (Lipinski definition) is 1. The summed E-state index contributed by atoms with van der Waals surface area (Å²) < 4.78 is 10.9. The molecule has 4 nitrogen and oxygen atoms in total. The number of benzene rings is 1. The average molecular weight is 278 g/mol. The van der Waals surface area contributed by atoms with Gasteiger partial charge in [0.15, 0.2) is 11.5 Å². The first-order chi connectivity index (χ1) is 9.28. The Morgan fingerprint density at radius 2 is 2.16 bits per heavy atom. The summed E-state index contributed by atoms with van der Waals surface area (Å²) in [4.78, 5) is 5.66. The summed E-state index contributed by atoms with van der Waals surface area (Å²) in [5, 5.41) is 4.12. The minimum atomic E-state index is 0.614. The van der Waals surface area contributed by atoms with Gasteiger partial charge in [0.1, 0.15) is 5.01 Å². The first-order valence-corrected chi connectivity index (χ1v) is 7.00. The predicted octanol–water partition coefficient (Wildman–Crippen LogP) is 2.94. The summed E-state index contributed by atoms with van der Waals surface area (Å²) in [6.07, 6.45) is 1.90. The minimum Gasteiger partial charge on any atom is -0.493 e. The molecule has 1 aromatic carbocycles. The van der Waals surface area contributed by atoms with Crippen LogP contribution in [0.4, 0.5) is 0 Å². The molecule has 0 saturated heterocycles. The van der Waals surface area contributed by atoms with Gasteiger partial charge in [-0.3, -0.25) is 0 Å². The maximum Gasteiger partial charge on any atom is 0.161 e. The second kappa shape index (κ2) is 6.54.